The van der Waals surface area contributed by atoms with Crippen LogP contribution in [0.25, 0.3) is 0 Å². The molecule has 0 saturated carbocycles. The summed E-state index contributed by atoms with van der Waals surface area (Å²) in [5.41, 5.74) is 2.94. The van der Waals surface area contributed by atoms with Gasteiger partial charge in [-0.05, 0) is 35.7 Å². The summed E-state index contributed by atoms with van der Waals surface area (Å²) in [6.07, 6.45) is 0.723. The minimum absolute atomic E-state index is 0.100. The highest BCUT2D eigenvalue weighted by molar-refractivity contribution is 6.08. The minimum Gasteiger partial charge on any atom is -0.465 e. The molecule has 1 unspecified atom stereocenters. The van der Waals surface area contributed by atoms with Crippen LogP contribution in [0.15, 0.2) is 48.5 Å². The van der Waals surface area contributed by atoms with Gasteiger partial charge in [-0.25, -0.2) is 4.79 Å². The van der Waals surface area contributed by atoms with Gasteiger partial charge in [0.25, 0.3) is 0 Å². The second-order valence-corrected chi connectivity index (χ2v) is 6.48. The lowest BCUT2D eigenvalue weighted by Gasteiger charge is -2.22. The minimum atomic E-state index is -0.539. The fourth-order valence-electron chi connectivity index (χ4n) is 3.75. The van der Waals surface area contributed by atoms with Crippen molar-refractivity contribution in [3.05, 3.63) is 65.2 Å². The second kappa shape index (κ2) is 6.01. The predicted molar refractivity (Wildman–Crippen MR) is 92.5 cm³/mol. The van der Waals surface area contributed by atoms with Crippen molar-refractivity contribution in [1.29, 1.82) is 0 Å². The lowest BCUT2D eigenvalue weighted by Crippen LogP contribution is -2.40. The maximum Gasteiger partial charge on any atom is 0.337 e. The Labute approximate surface area is 146 Å². The van der Waals surface area contributed by atoms with Gasteiger partial charge < -0.3 is 14.4 Å². The summed E-state index contributed by atoms with van der Waals surface area (Å²) in [6.45, 7) is 1.53. The number of carbonyl (C=O) groups is 2. The van der Waals surface area contributed by atoms with Crippen molar-refractivity contribution in [1.82, 2.24) is 0 Å². The van der Waals surface area contributed by atoms with Gasteiger partial charge in [0.15, 0.2) is 0 Å². The van der Waals surface area contributed by atoms with Gasteiger partial charge in [-0.1, -0.05) is 30.3 Å². The summed E-state index contributed by atoms with van der Waals surface area (Å²) in [7, 11) is 1.36. The van der Waals surface area contributed by atoms with Crippen molar-refractivity contribution in [2.24, 2.45) is 0 Å². The first-order valence-corrected chi connectivity index (χ1v) is 8.32. The van der Waals surface area contributed by atoms with E-state index in [4.69, 9.17) is 9.47 Å². The third-order valence-corrected chi connectivity index (χ3v) is 5.10. The monoisotopic (exact) mass is 337 g/mol. The van der Waals surface area contributed by atoms with Crippen LogP contribution in [0.3, 0.4) is 0 Å². The predicted octanol–water partition coefficient (Wildman–Crippen LogP) is 2.68. The molecular formula is C20H19NO4. The normalized spacial score (nSPS) is 21.6. The number of hydrogen-bond donors (Lipinski definition) is 0. The van der Waals surface area contributed by atoms with Crippen LogP contribution in [0.4, 0.5) is 5.69 Å². The summed E-state index contributed by atoms with van der Waals surface area (Å²) in [4.78, 5) is 26.6. The molecule has 2 heterocycles. The number of amides is 1. The Morgan fingerprint density at radius 2 is 1.96 bits per heavy atom. The molecule has 1 atom stereocenters. The van der Waals surface area contributed by atoms with Crippen molar-refractivity contribution >= 4 is 17.6 Å². The Hall–Kier alpha value is -2.66. The number of methoxy groups -OCH3 is 1. The summed E-state index contributed by atoms with van der Waals surface area (Å²) >= 11 is 0. The summed E-state index contributed by atoms with van der Waals surface area (Å²) in [6, 6.07) is 15.1. The van der Waals surface area contributed by atoms with Gasteiger partial charge in [-0.15, -0.1) is 0 Å². The maximum atomic E-state index is 13.2. The number of ether oxygens (including phenoxy) is 2. The fraction of sp³-hybridized carbons (Fsp3) is 0.300. The van der Waals surface area contributed by atoms with Gasteiger partial charge in [0.05, 0.1) is 25.8 Å². The van der Waals surface area contributed by atoms with Crippen LogP contribution in [-0.4, -0.2) is 32.2 Å². The number of fused-ring (bicyclic) bond motifs is 2. The molecule has 5 nitrogen and oxygen atoms in total. The van der Waals surface area contributed by atoms with Crippen molar-refractivity contribution < 1.29 is 19.1 Å². The van der Waals surface area contributed by atoms with Crippen LogP contribution in [0.2, 0.25) is 0 Å². The molecule has 2 aliphatic rings. The van der Waals surface area contributed by atoms with E-state index in [9.17, 15) is 9.59 Å². The lowest BCUT2D eigenvalue weighted by atomic mass is 9.81. The first-order valence-electron chi connectivity index (χ1n) is 8.32. The van der Waals surface area contributed by atoms with E-state index in [1.165, 1.54) is 7.11 Å². The molecular weight excluding hydrogens is 318 g/mol. The van der Waals surface area contributed by atoms with Crippen molar-refractivity contribution in [3.8, 4) is 0 Å². The number of rotatable bonds is 3. The van der Waals surface area contributed by atoms with E-state index < -0.39 is 5.41 Å². The molecule has 2 aliphatic heterocycles. The SMILES string of the molecule is COC(=O)c1ccc(CN2C(=O)C3(CCOC3)c3ccccc32)cc1. The van der Waals surface area contributed by atoms with Crippen LogP contribution < -0.4 is 4.90 Å². The van der Waals surface area contributed by atoms with Crippen LogP contribution in [0, 0.1) is 0 Å². The van der Waals surface area contributed by atoms with Gasteiger partial charge >= 0.3 is 5.97 Å². The average molecular weight is 337 g/mol. The molecule has 0 aliphatic carbocycles. The molecule has 0 radical (unpaired) electrons. The Balaban J connectivity index is 1.65. The standard InChI is InChI=1S/C20H19NO4/c1-24-18(22)15-8-6-14(7-9-15)12-21-17-5-3-2-4-16(17)20(19(21)23)10-11-25-13-20/h2-9H,10-13H2,1H3. The maximum absolute atomic E-state index is 13.2. The van der Waals surface area contributed by atoms with Crippen molar-refractivity contribution in [2.45, 2.75) is 18.4 Å². The third kappa shape index (κ3) is 2.43. The van der Waals surface area contributed by atoms with Crippen LogP contribution in [-0.2, 0) is 26.2 Å². The number of benzene rings is 2. The zero-order valence-electron chi connectivity index (χ0n) is 14.0. The average Bonchev–Trinajstić information content (AvgIpc) is 3.23. The number of esters is 1. The fourth-order valence-corrected chi connectivity index (χ4v) is 3.75. The highest BCUT2D eigenvalue weighted by Crippen LogP contribution is 2.46. The van der Waals surface area contributed by atoms with Gasteiger partial charge in [0.2, 0.25) is 5.91 Å². The van der Waals surface area contributed by atoms with E-state index >= 15 is 0 Å². The van der Waals surface area contributed by atoms with Crippen LogP contribution in [0.5, 0.6) is 0 Å². The van der Waals surface area contributed by atoms with Crippen molar-refractivity contribution in [3.63, 3.8) is 0 Å². The molecule has 128 valence electrons. The Morgan fingerprint density at radius 1 is 1.20 bits per heavy atom. The van der Waals surface area contributed by atoms with E-state index in [1.807, 2.05) is 41.3 Å². The molecule has 0 bridgehead atoms. The number of carbonyl (C=O) groups excluding carboxylic acids is 2. The van der Waals surface area contributed by atoms with Gasteiger partial charge in [0.1, 0.15) is 5.41 Å². The van der Waals surface area contributed by atoms with E-state index in [2.05, 4.69) is 0 Å². The number of nitrogens with zero attached hydrogens (tertiary/aromatic N) is 1. The molecule has 25 heavy (non-hydrogen) atoms. The lowest BCUT2D eigenvalue weighted by molar-refractivity contribution is -0.123. The first kappa shape index (κ1) is 15.8. The number of hydrogen-bond acceptors (Lipinski definition) is 4. The van der Waals surface area contributed by atoms with Gasteiger partial charge in [-0.3, -0.25) is 4.79 Å². The van der Waals surface area contributed by atoms with Crippen LogP contribution in [0.1, 0.15) is 27.9 Å². The molecule has 1 fully saturated rings. The Bertz CT molecular complexity index is 822. The third-order valence-electron chi connectivity index (χ3n) is 5.10. The zero-order valence-corrected chi connectivity index (χ0v) is 14.0. The summed E-state index contributed by atoms with van der Waals surface area (Å²) in [5.74, 6) is -0.264. The molecule has 1 amide bonds. The first-order chi connectivity index (χ1) is 12.2. The second-order valence-electron chi connectivity index (χ2n) is 6.48. The Kier molecular flexibility index (Phi) is 3.81. The molecule has 1 saturated heterocycles. The Morgan fingerprint density at radius 3 is 2.64 bits per heavy atom. The molecule has 5 heteroatoms. The van der Waals surface area contributed by atoms with E-state index in [-0.39, 0.29) is 11.9 Å². The highest BCUT2D eigenvalue weighted by Gasteiger charge is 2.52. The van der Waals surface area contributed by atoms with Crippen LogP contribution >= 0.6 is 0 Å². The molecule has 4 rings (SSSR count). The summed E-state index contributed by atoms with van der Waals surface area (Å²) < 4.78 is 10.3. The van der Waals surface area contributed by atoms with E-state index in [0.29, 0.717) is 25.3 Å². The van der Waals surface area contributed by atoms with E-state index in [1.54, 1.807) is 12.1 Å². The molecule has 2 aromatic rings. The number of para-hydroxylation sites is 1. The van der Waals surface area contributed by atoms with Gasteiger partial charge in [-0.2, -0.15) is 0 Å². The quantitative estimate of drug-likeness (QED) is 0.808. The van der Waals surface area contributed by atoms with E-state index in [0.717, 1.165) is 23.2 Å². The van der Waals surface area contributed by atoms with Gasteiger partial charge in [0, 0.05) is 12.3 Å². The zero-order chi connectivity index (χ0) is 17.4. The topological polar surface area (TPSA) is 55.8 Å². The molecule has 2 aromatic carbocycles. The van der Waals surface area contributed by atoms with Crippen molar-refractivity contribution in [2.75, 3.05) is 25.2 Å². The smallest absolute Gasteiger partial charge is 0.337 e. The largest absolute Gasteiger partial charge is 0.465 e. The molecule has 0 N–H and O–H groups in total. The highest BCUT2D eigenvalue weighted by atomic mass is 16.5. The number of anilines is 1. The molecule has 0 aromatic heterocycles. The summed E-state index contributed by atoms with van der Waals surface area (Å²) in [5, 5.41) is 0. The molecule has 1 spiro atoms.